The lowest BCUT2D eigenvalue weighted by Gasteiger charge is -2.47. The number of fused-ring (bicyclic) bond motifs is 2. The molecule has 3 N–H and O–H groups in total. The number of benzene rings is 3. The summed E-state index contributed by atoms with van der Waals surface area (Å²) in [7, 11) is 2.32. The molecule has 5 rings (SSSR count). The van der Waals surface area contributed by atoms with Crippen molar-refractivity contribution in [3.8, 4) is 0 Å². The molecular formula is C29H32BrClN2O3. The summed E-state index contributed by atoms with van der Waals surface area (Å²) in [6.07, 6.45) is 3.59. The number of esters is 1. The molecule has 2 saturated heterocycles. The monoisotopic (exact) mass is 570 g/mol. The summed E-state index contributed by atoms with van der Waals surface area (Å²) in [6.45, 7) is 0.937. The van der Waals surface area contributed by atoms with E-state index in [-0.39, 0.29) is 23.1 Å². The molecule has 0 aliphatic carbocycles. The first-order valence-corrected chi connectivity index (χ1v) is 12.6. The fourth-order valence-electron chi connectivity index (χ4n) is 6.07. The maximum atomic E-state index is 13.6. The van der Waals surface area contributed by atoms with Crippen LogP contribution in [0.4, 0.5) is 5.69 Å². The van der Waals surface area contributed by atoms with Crippen LogP contribution < -0.4 is 22.7 Å². The number of anilines is 1. The van der Waals surface area contributed by atoms with Gasteiger partial charge in [-0.15, -0.1) is 0 Å². The van der Waals surface area contributed by atoms with Crippen molar-refractivity contribution in [3.05, 3.63) is 101 Å². The van der Waals surface area contributed by atoms with E-state index in [0.717, 1.165) is 41.7 Å². The molecule has 2 fully saturated rings. The molecule has 0 aromatic heterocycles. The zero-order valence-corrected chi connectivity index (χ0v) is 22.7. The van der Waals surface area contributed by atoms with Crippen LogP contribution in [0.2, 0.25) is 5.02 Å². The van der Waals surface area contributed by atoms with Crippen molar-refractivity contribution in [3.63, 3.8) is 0 Å². The summed E-state index contributed by atoms with van der Waals surface area (Å²) in [5, 5.41) is 12.5. The SMILES string of the molecule is C[N+]1(Cc2ccc(Cl)cc2)C2CCC1CC(OC(=O)C(O)(c1ccccc1)c1ccc(N)cc1)C2.[Br-]. The van der Waals surface area contributed by atoms with Gasteiger partial charge in [-0.1, -0.05) is 66.2 Å². The lowest BCUT2D eigenvalue weighted by molar-refractivity contribution is -0.961. The van der Waals surface area contributed by atoms with Crippen LogP contribution in [0.1, 0.15) is 42.4 Å². The highest BCUT2D eigenvalue weighted by molar-refractivity contribution is 6.30. The van der Waals surface area contributed by atoms with E-state index >= 15 is 0 Å². The molecule has 36 heavy (non-hydrogen) atoms. The van der Waals surface area contributed by atoms with Gasteiger partial charge >= 0.3 is 5.97 Å². The lowest BCUT2D eigenvalue weighted by Crippen LogP contribution is -3.00. The fourth-order valence-corrected chi connectivity index (χ4v) is 6.20. The van der Waals surface area contributed by atoms with Gasteiger partial charge in [0, 0.05) is 42.0 Å². The number of nitrogen functional groups attached to an aromatic ring is 1. The van der Waals surface area contributed by atoms with E-state index in [2.05, 4.69) is 19.2 Å². The minimum atomic E-state index is -1.90. The molecule has 0 spiro atoms. The number of hydrogen-bond donors (Lipinski definition) is 2. The zero-order chi connectivity index (χ0) is 24.6. The smallest absolute Gasteiger partial charge is 0.347 e. The van der Waals surface area contributed by atoms with Crippen LogP contribution in [0.3, 0.4) is 0 Å². The van der Waals surface area contributed by atoms with E-state index in [0.29, 0.717) is 28.9 Å². The molecule has 2 bridgehead atoms. The van der Waals surface area contributed by atoms with E-state index < -0.39 is 11.6 Å². The number of quaternary nitrogens is 1. The Labute approximate surface area is 228 Å². The predicted octanol–water partition coefficient (Wildman–Crippen LogP) is 2.05. The molecule has 2 aliphatic heterocycles. The summed E-state index contributed by atoms with van der Waals surface area (Å²) >= 11 is 6.08. The van der Waals surface area contributed by atoms with E-state index in [9.17, 15) is 9.90 Å². The number of hydrogen-bond acceptors (Lipinski definition) is 4. The second kappa shape index (κ2) is 10.5. The summed E-state index contributed by atoms with van der Waals surface area (Å²) in [5.41, 5.74) is 6.73. The second-order valence-electron chi connectivity index (χ2n) is 10.2. The molecule has 0 saturated carbocycles. The highest BCUT2D eigenvalue weighted by Gasteiger charge is 2.53. The van der Waals surface area contributed by atoms with Crippen LogP contribution in [0, 0.1) is 0 Å². The number of carbonyl (C=O) groups is 1. The average Bonchev–Trinajstić information content (AvgIpc) is 3.01. The Morgan fingerprint density at radius 2 is 1.53 bits per heavy atom. The van der Waals surface area contributed by atoms with Crippen LogP contribution in [-0.4, -0.2) is 40.8 Å². The lowest BCUT2D eigenvalue weighted by atomic mass is 9.86. The van der Waals surface area contributed by atoms with Crippen molar-refractivity contribution < 1.29 is 36.1 Å². The van der Waals surface area contributed by atoms with E-state index in [4.69, 9.17) is 22.1 Å². The fraction of sp³-hybridized carbons (Fsp3) is 0.345. The predicted molar refractivity (Wildman–Crippen MR) is 138 cm³/mol. The largest absolute Gasteiger partial charge is 1.00 e. The Morgan fingerprint density at radius 3 is 2.11 bits per heavy atom. The third-order valence-corrected chi connectivity index (χ3v) is 8.35. The van der Waals surface area contributed by atoms with Crippen LogP contribution in [-0.2, 0) is 21.7 Å². The van der Waals surface area contributed by atoms with Crippen LogP contribution in [0.15, 0.2) is 78.9 Å². The Kier molecular flexibility index (Phi) is 7.81. The second-order valence-corrected chi connectivity index (χ2v) is 10.7. The first kappa shape index (κ1) is 26.7. The number of nitrogens with two attached hydrogens (primary N) is 1. The quantitative estimate of drug-likeness (QED) is 0.270. The Morgan fingerprint density at radius 1 is 0.972 bits per heavy atom. The number of piperidine rings is 1. The van der Waals surface area contributed by atoms with E-state index in [1.807, 2.05) is 30.3 Å². The number of rotatable bonds is 6. The van der Waals surface area contributed by atoms with E-state index in [1.165, 1.54) is 5.56 Å². The van der Waals surface area contributed by atoms with Gasteiger partial charge in [0.25, 0.3) is 0 Å². The van der Waals surface area contributed by atoms with Gasteiger partial charge in [0.2, 0.25) is 5.60 Å². The van der Waals surface area contributed by atoms with Crippen molar-refractivity contribution in [2.45, 2.75) is 56.0 Å². The molecule has 7 heteroatoms. The van der Waals surface area contributed by atoms with Crippen molar-refractivity contribution in [1.82, 2.24) is 0 Å². The molecule has 0 amide bonds. The van der Waals surface area contributed by atoms with Crippen molar-refractivity contribution >= 4 is 23.3 Å². The highest BCUT2D eigenvalue weighted by Crippen LogP contribution is 2.44. The van der Waals surface area contributed by atoms with E-state index in [1.54, 1.807) is 36.4 Å². The van der Waals surface area contributed by atoms with Gasteiger partial charge in [-0.3, -0.25) is 0 Å². The third kappa shape index (κ3) is 4.92. The van der Waals surface area contributed by atoms with Crippen molar-refractivity contribution in [2.75, 3.05) is 12.8 Å². The van der Waals surface area contributed by atoms with Gasteiger partial charge in [-0.25, -0.2) is 4.79 Å². The standard InChI is InChI=1S/C29H32ClN2O3.BrH/c1-32(19-20-7-11-23(30)12-8-20)25-15-16-26(32)18-27(17-25)35-28(33)29(34,21-5-3-2-4-6-21)22-9-13-24(31)14-10-22;/h2-14,25-27,34H,15-19,31H2,1H3;1H/q+1;/p-1. The number of ether oxygens (including phenoxy) is 1. The van der Waals surface area contributed by atoms with Gasteiger partial charge in [0.05, 0.1) is 19.1 Å². The molecule has 2 heterocycles. The molecule has 0 radical (unpaired) electrons. The van der Waals surface area contributed by atoms with Gasteiger partial charge in [0.15, 0.2) is 0 Å². The van der Waals surface area contributed by atoms with Gasteiger partial charge in [0.1, 0.15) is 12.6 Å². The van der Waals surface area contributed by atoms with Crippen molar-refractivity contribution in [1.29, 1.82) is 0 Å². The van der Waals surface area contributed by atoms with Crippen molar-refractivity contribution in [2.24, 2.45) is 0 Å². The molecule has 3 aromatic rings. The van der Waals surface area contributed by atoms with Crippen LogP contribution in [0.5, 0.6) is 0 Å². The average molecular weight is 572 g/mol. The molecule has 190 valence electrons. The van der Waals surface area contributed by atoms with Gasteiger partial charge < -0.3 is 37.0 Å². The molecule has 3 unspecified atom stereocenters. The van der Waals surface area contributed by atoms with Crippen LogP contribution in [0.25, 0.3) is 0 Å². The van der Waals surface area contributed by atoms with Gasteiger partial charge in [-0.05, 0) is 35.4 Å². The molecule has 3 atom stereocenters. The first-order valence-electron chi connectivity index (χ1n) is 12.2. The molecule has 2 aliphatic rings. The number of carbonyl (C=O) groups excluding carboxylic acids is 1. The normalized spacial score (nSPS) is 26.5. The topological polar surface area (TPSA) is 72.5 Å². The zero-order valence-electron chi connectivity index (χ0n) is 20.3. The number of aliphatic hydroxyl groups is 1. The van der Waals surface area contributed by atoms with Gasteiger partial charge in [-0.2, -0.15) is 0 Å². The highest BCUT2D eigenvalue weighted by atomic mass is 79.9. The minimum absolute atomic E-state index is 0. The molecule has 3 aromatic carbocycles. The summed E-state index contributed by atoms with van der Waals surface area (Å²) < 4.78 is 7.04. The maximum Gasteiger partial charge on any atom is 0.347 e. The Balaban J connectivity index is 0.00000304. The molecular weight excluding hydrogens is 540 g/mol. The first-order chi connectivity index (χ1) is 16.8. The summed E-state index contributed by atoms with van der Waals surface area (Å²) in [5.74, 6) is -0.633. The maximum absolute atomic E-state index is 13.6. The Bertz CT molecular complexity index is 1180. The summed E-state index contributed by atoms with van der Waals surface area (Å²) in [6, 6.07) is 24.6. The summed E-state index contributed by atoms with van der Waals surface area (Å²) in [4.78, 5) is 13.6. The Hall–Kier alpha value is -2.38. The number of nitrogens with zero attached hydrogens (tertiary/aromatic N) is 1. The minimum Gasteiger partial charge on any atom is -1.00 e. The van der Waals surface area contributed by atoms with Crippen LogP contribution >= 0.6 is 11.6 Å². The third-order valence-electron chi connectivity index (χ3n) is 8.10. The molecule has 5 nitrogen and oxygen atoms in total. The number of halogens is 2.